The van der Waals surface area contributed by atoms with Crippen LogP contribution in [-0.4, -0.2) is 32.1 Å². The zero-order chi connectivity index (χ0) is 17.8. The van der Waals surface area contributed by atoms with Crippen molar-refractivity contribution in [1.29, 1.82) is 0 Å². The molecule has 0 bridgehead atoms. The molecule has 0 radical (unpaired) electrons. The number of amides is 1. The first-order chi connectivity index (χ1) is 12.8. The van der Waals surface area contributed by atoms with Gasteiger partial charge in [0.05, 0.1) is 12.6 Å². The molecule has 2 aromatic heterocycles. The second-order valence-corrected chi connectivity index (χ2v) is 6.70. The molecule has 132 valence electrons. The summed E-state index contributed by atoms with van der Waals surface area (Å²) in [5.41, 5.74) is 2.94. The van der Waals surface area contributed by atoms with E-state index in [0.717, 1.165) is 42.5 Å². The largest absolute Gasteiger partial charge is 0.332 e. The first-order valence-electron chi connectivity index (χ1n) is 9.08. The van der Waals surface area contributed by atoms with Crippen molar-refractivity contribution in [2.45, 2.75) is 31.8 Å². The van der Waals surface area contributed by atoms with Crippen LogP contribution in [0.3, 0.4) is 0 Å². The Kier molecular flexibility index (Phi) is 4.78. The monoisotopic (exact) mass is 346 g/mol. The van der Waals surface area contributed by atoms with E-state index in [4.69, 9.17) is 0 Å². The van der Waals surface area contributed by atoms with Crippen molar-refractivity contribution in [3.8, 4) is 0 Å². The summed E-state index contributed by atoms with van der Waals surface area (Å²) in [4.78, 5) is 19.5. The van der Waals surface area contributed by atoms with Crippen molar-refractivity contribution in [2.75, 3.05) is 6.54 Å². The van der Waals surface area contributed by atoms with Crippen LogP contribution in [0.25, 0.3) is 0 Å². The van der Waals surface area contributed by atoms with Crippen LogP contribution in [0.15, 0.2) is 67.3 Å². The minimum atomic E-state index is 0.0980. The Bertz CT molecular complexity index is 861. The molecule has 3 aromatic rings. The highest BCUT2D eigenvalue weighted by molar-refractivity contribution is 5.94. The SMILES string of the molecule is O=C(c1cccc(Cn2cccn2)c1)N1CCCC[C@H]1c1cccnc1. The maximum absolute atomic E-state index is 13.2. The van der Waals surface area contributed by atoms with Crippen LogP contribution in [0.5, 0.6) is 0 Å². The number of carbonyl (C=O) groups is 1. The van der Waals surface area contributed by atoms with Crippen molar-refractivity contribution in [3.05, 3.63) is 83.9 Å². The molecule has 1 saturated heterocycles. The van der Waals surface area contributed by atoms with Gasteiger partial charge in [-0.25, -0.2) is 0 Å². The maximum atomic E-state index is 13.2. The molecule has 0 unspecified atom stereocenters. The van der Waals surface area contributed by atoms with Gasteiger partial charge in [-0.05, 0) is 54.7 Å². The highest BCUT2D eigenvalue weighted by Gasteiger charge is 2.28. The van der Waals surface area contributed by atoms with Crippen molar-refractivity contribution in [2.24, 2.45) is 0 Å². The Hall–Kier alpha value is -2.95. The topological polar surface area (TPSA) is 51.0 Å². The van der Waals surface area contributed by atoms with Crippen LogP contribution >= 0.6 is 0 Å². The van der Waals surface area contributed by atoms with Crippen molar-refractivity contribution in [1.82, 2.24) is 19.7 Å². The van der Waals surface area contributed by atoms with Crippen LogP contribution in [0.2, 0.25) is 0 Å². The summed E-state index contributed by atoms with van der Waals surface area (Å²) in [7, 11) is 0. The van der Waals surface area contributed by atoms with E-state index in [-0.39, 0.29) is 11.9 Å². The number of carbonyl (C=O) groups excluding carboxylic acids is 1. The zero-order valence-corrected chi connectivity index (χ0v) is 14.7. The number of aromatic nitrogens is 3. The quantitative estimate of drug-likeness (QED) is 0.724. The van der Waals surface area contributed by atoms with E-state index in [1.807, 2.05) is 58.4 Å². The summed E-state index contributed by atoms with van der Waals surface area (Å²) in [5.74, 6) is 0.0980. The standard InChI is InChI=1S/C21H22N4O/c26-21(18-7-3-6-17(14-18)16-24-12-5-11-23-24)25-13-2-1-9-20(25)19-8-4-10-22-15-19/h3-8,10-12,14-15,20H,1-2,9,13,16H2/t20-/m0/s1. The van der Waals surface area contributed by atoms with Gasteiger partial charge in [0.25, 0.3) is 5.91 Å². The molecule has 5 heteroatoms. The minimum absolute atomic E-state index is 0.0980. The number of pyridine rings is 1. The molecule has 1 amide bonds. The first-order valence-corrected chi connectivity index (χ1v) is 9.08. The Morgan fingerprint density at radius 2 is 2.08 bits per heavy atom. The van der Waals surface area contributed by atoms with Gasteiger partial charge in [-0.2, -0.15) is 5.10 Å². The molecule has 5 nitrogen and oxygen atoms in total. The molecule has 0 saturated carbocycles. The van der Waals surface area contributed by atoms with Gasteiger partial charge in [-0.3, -0.25) is 14.5 Å². The van der Waals surface area contributed by atoms with E-state index in [2.05, 4.69) is 16.1 Å². The van der Waals surface area contributed by atoms with Gasteiger partial charge in [-0.15, -0.1) is 0 Å². The van der Waals surface area contributed by atoms with Crippen LogP contribution in [0.1, 0.15) is 46.8 Å². The zero-order valence-electron chi connectivity index (χ0n) is 14.7. The Morgan fingerprint density at radius 1 is 1.12 bits per heavy atom. The molecule has 1 fully saturated rings. The average molecular weight is 346 g/mol. The smallest absolute Gasteiger partial charge is 0.254 e. The lowest BCUT2D eigenvalue weighted by atomic mass is 9.95. The van der Waals surface area contributed by atoms with E-state index in [1.54, 1.807) is 12.4 Å². The molecule has 0 N–H and O–H groups in total. The molecule has 1 atom stereocenters. The van der Waals surface area contributed by atoms with Gasteiger partial charge in [0.2, 0.25) is 0 Å². The molecule has 0 spiro atoms. The number of hydrogen-bond acceptors (Lipinski definition) is 3. The fourth-order valence-electron chi connectivity index (χ4n) is 3.64. The predicted molar refractivity (Wildman–Crippen MR) is 99.6 cm³/mol. The van der Waals surface area contributed by atoms with E-state index in [9.17, 15) is 4.79 Å². The summed E-state index contributed by atoms with van der Waals surface area (Å²) in [6.45, 7) is 1.46. The summed E-state index contributed by atoms with van der Waals surface area (Å²) in [5, 5.41) is 4.24. The number of likely N-dealkylation sites (tertiary alicyclic amines) is 1. The van der Waals surface area contributed by atoms with Crippen LogP contribution in [0.4, 0.5) is 0 Å². The molecule has 1 aliphatic rings. The van der Waals surface area contributed by atoms with Gasteiger partial charge >= 0.3 is 0 Å². The summed E-state index contributed by atoms with van der Waals surface area (Å²) < 4.78 is 1.86. The normalized spacial score (nSPS) is 17.2. The highest BCUT2D eigenvalue weighted by Crippen LogP contribution is 2.31. The fraction of sp³-hybridized carbons (Fsp3) is 0.286. The van der Waals surface area contributed by atoms with Crippen molar-refractivity contribution >= 4 is 5.91 Å². The van der Waals surface area contributed by atoms with Crippen LogP contribution in [-0.2, 0) is 6.54 Å². The number of rotatable bonds is 4. The Balaban J connectivity index is 1.57. The van der Waals surface area contributed by atoms with E-state index >= 15 is 0 Å². The molecule has 26 heavy (non-hydrogen) atoms. The lowest BCUT2D eigenvalue weighted by Gasteiger charge is -2.36. The van der Waals surface area contributed by atoms with E-state index < -0.39 is 0 Å². The molecule has 4 rings (SSSR count). The van der Waals surface area contributed by atoms with Gasteiger partial charge < -0.3 is 4.90 Å². The lowest BCUT2D eigenvalue weighted by Crippen LogP contribution is -2.38. The summed E-state index contributed by atoms with van der Waals surface area (Å²) in [6, 6.07) is 13.9. The Labute approximate surface area is 153 Å². The lowest BCUT2D eigenvalue weighted by molar-refractivity contribution is 0.0611. The second kappa shape index (κ2) is 7.52. The van der Waals surface area contributed by atoms with Gasteiger partial charge in [0, 0.05) is 36.9 Å². The van der Waals surface area contributed by atoms with Crippen molar-refractivity contribution < 1.29 is 4.79 Å². The molecule has 1 aromatic carbocycles. The highest BCUT2D eigenvalue weighted by atomic mass is 16.2. The number of piperidine rings is 1. The summed E-state index contributed by atoms with van der Waals surface area (Å²) in [6.07, 6.45) is 10.5. The first kappa shape index (κ1) is 16.5. The summed E-state index contributed by atoms with van der Waals surface area (Å²) >= 11 is 0. The van der Waals surface area contributed by atoms with Gasteiger partial charge in [0.15, 0.2) is 0 Å². The van der Waals surface area contributed by atoms with Crippen molar-refractivity contribution in [3.63, 3.8) is 0 Å². The third-order valence-electron chi connectivity index (χ3n) is 4.91. The van der Waals surface area contributed by atoms with Crippen LogP contribution < -0.4 is 0 Å². The number of benzene rings is 1. The molecule has 1 aliphatic heterocycles. The number of hydrogen-bond donors (Lipinski definition) is 0. The van der Waals surface area contributed by atoms with E-state index in [0.29, 0.717) is 6.54 Å². The van der Waals surface area contributed by atoms with Crippen LogP contribution in [0, 0.1) is 0 Å². The molecule has 0 aliphatic carbocycles. The predicted octanol–water partition coefficient (Wildman–Crippen LogP) is 3.69. The fourth-order valence-corrected chi connectivity index (χ4v) is 3.64. The molecular formula is C21H22N4O. The molecule has 3 heterocycles. The van der Waals surface area contributed by atoms with E-state index in [1.165, 1.54) is 0 Å². The average Bonchev–Trinajstić information content (AvgIpc) is 3.21. The second-order valence-electron chi connectivity index (χ2n) is 6.70. The maximum Gasteiger partial charge on any atom is 0.254 e. The molecular weight excluding hydrogens is 324 g/mol. The van der Waals surface area contributed by atoms with Gasteiger partial charge in [-0.1, -0.05) is 18.2 Å². The minimum Gasteiger partial charge on any atom is -0.332 e. The third-order valence-corrected chi connectivity index (χ3v) is 4.91. The third kappa shape index (κ3) is 3.52. The van der Waals surface area contributed by atoms with Gasteiger partial charge in [0.1, 0.15) is 0 Å². The number of nitrogens with zero attached hydrogens (tertiary/aromatic N) is 4. The Morgan fingerprint density at radius 3 is 2.88 bits per heavy atom.